The first-order valence-electron chi connectivity index (χ1n) is 8.48. The molecule has 1 aromatic heterocycles. The molecule has 0 aliphatic heterocycles. The molecule has 0 saturated heterocycles. The maximum atomic E-state index is 12.1. The van der Waals surface area contributed by atoms with Crippen LogP contribution in [0.5, 0.6) is 17.2 Å². The fourth-order valence-electron chi connectivity index (χ4n) is 2.46. The van der Waals surface area contributed by atoms with E-state index in [4.69, 9.17) is 18.7 Å². The Hall–Kier alpha value is -2.77. The first-order chi connectivity index (χ1) is 12.6. The smallest absolute Gasteiger partial charge is 0.227 e. The maximum absolute atomic E-state index is 12.1. The van der Waals surface area contributed by atoms with Gasteiger partial charge in [0.15, 0.2) is 17.3 Å². The lowest BCUT2D eigenvalue weighted by Gasteiger charge is -2.14. The number of ether oxygens (including phenoxy) is 3. The number of benzene rings is 1. The van der Waals surface area contributed by atoms with Crippen molar-refractivity contribution in [2.75, 3.05) is 21.3 Å². The van der Waals surface area contributed by atoms with Crippen molar-refractivity contribution in [1.29, 1.82) is 0 Å². The molecule has 0 atom stereocenters. The Balaban J connectivity index is 1.90. The van der Waals surface area contributed by atoms with Crippen LogP contribution in [0.3, 0.4) is 0 Å². The predicted octanol–water partition coefficient (Wildman–Crippen LogP) is 2.30. The molecule has 0 unspecified atom stereocenters. The van der Waals surface area contributed by atoms with Crippen LogP contribution in [0, 0.1) is 0 Å². The van der Waals surface area contributed by atoms with Gasteiger partial charge in [0.25, 0.3) is 0 Å². The number of hydrogen-bond acceptors (Lipinski definition) is 7. The average molecular weight is 363 g/mol. The highest BCUT2D eigenvalue weighted by atomic mass is 16.5. The molecule has 2 aromatic rings. The number of rotatable bonds is 10. The van der Waals surface area contributed by atoms with Crippen molar-refractivity contribution in [3.63, 3.8) is 0 Å². The molecule has 0 aliphatic carbocycles. The van der Waals surface area contributed by atoms with Crippen molar-refractivity contribution >= 4 is 5.91 Å². The van der Waals surface area contributed by atoms with E-state index in [1.165, 1.54) is 0 Å². The van der Waals surface area contributed by atoms with Crippen LogP contribution in [-0.4, -0.2) is 37.4 Å². The molecule has 0 aliphatic rings. The van der Waals surface area contributed by atoms with Crippen LogP contribution in [0.2, 0.25) is 0 Å². The lowest BCUT2D eigenvalue weighted by atomic mass is 10.1. The monoisotopic (exact) mass is 363 g/mol. The second kappa shape index (κ2) is 9.65. The Kier molecular flexibility index (Phi) is 7.25. The van der Waals surface area contributed by atoms with Crippen LogP contribution in [-0.2, 0) is 24.2 Å². The van der Waals surface area contributed by atoms with Gasteiger partial charge in [0.1, 0.15) is 0 Å². The number of aromatic nitrogens is 2. The highest BCUT2D eigenvalue weighted by Crippen LogP contribution is 2.38. The molecule has 0 saturated carbocycles. The zero-order chi connectivity index (χ0) is 18.9. The van der Waals surface area contributed by atoms with E-state index in [9.17, 15) is 4.79 Å². The molecule has 8 nitrogen and oxygen atoms in total. The Bertz CT molecular complexity index is 704. The van der Waals surface area contributed by atoms with E-state index in [1.54, 1.807) is 33.5 Å². The third kappa shape index (κ3) is 5.11. The molecule has 1 amide bonds. The van der Waals surface area contributed by atoms with Crippen molar-refractivity contribution in [2.45, 2.75) is 39.2 Å². The minimum absolute atomic E-state index is 0.103. The summed E-state index contributed by atoms with van der Waals surface area (Å²) in [5, 5.41) is 6.74. The molecule has 0 fully saturated rings. The van der Waals surface area contributed by atoms with E-state index in [2.05, 4.69) is 15.5 Å². The van der Waals surface area contributed by atoms with Gasteiger partial charge in [-0.15, -0.1) is 0 Å². The van der Waals surface area contributed by atoms with Gasteiger partial charge in [-0.25, -0.2) is 0 Å². The van der Waals surface area contributed by atoms with Crippen molar-refractivity contribution in [3.8, 4) is 17.2 Å². The molecule has 0 bridgehead atoms. The zero-order valence-corrected chi connectivity index (χ0v) is 15.6. The predicted molar refractivity (Wildman–Crippen MR) is 94.6 cm³/mol. The highest BCUT2D eigenvalue weighted by Gasteiger charge is 2.14. The fraction of sp³-hybridized carbons (Fsp3) is 0.500. The molecule has 8 heteroatoms. The quantitative estimate of drug-likeness (QED) is 0.692. The molecular formula is C18H25N3O5. The largest absolute Gasteiger partial charge is 0.493 e. The topological polar surface area (TPSA) is 95.7 Å². The molecule has 0 radical (unpaired) electrons. The van der Waals surface area contributed by atoms with Crippen molar-refractivity contribution in [1.82, 2.24) is 15.5 Å². The van der Waals surface area contributed by atoms with Crippen molar-refractivity contribution in [2.24, 2.45) is 0 Å². The third-order valence-electron chi connectivity index (χ3n) is 3.76. The maximum Gasteiger partial charge on any atom is 0.227 e. The lowest BCUT2D eigenvalue weighted by Crippen LogP contribution is -2.23. The van der Waals surface area contributed by atoms with Gasteiger partial charge in [0.05, 0.1) is 21.3 Å². The Morgan fingerprint density at radius 3 is 2.38 bits per heavy atom. The number of carbonyl (C=O) groups is 1. The third-order valence-corrected chi connectivity index (χ3v) is 3.76. The van der Waals surface area contributed by atoms with E-state index in [0.717, 1.165) is 18.4 Å². The minimum atomic E-state index is -0.103. The second-order valence-corrected chi connectivity index (χ2v) is 5.66. The minimum Gasteiger partial charge on any atom is -0.493 e. The van der Waals surface area contributed by atoms with Gasteiger partial charge < -0.3 is 24.1 Å². The number of hydrogen-bond donors (Lipinski definition) is 1. The molecule has 142 valence electrons. The average Bonchev–Trinajstić information content (AvgIpc) is 3.11. The summed E-state index contributed by atoms with van der Waals surface area (Å²) in [7, 11) is 4.65. The Labute approximate surface area is 152 Å². The summed E-state index contributed by atoms with van der Waals surface area (Å²) in [6.45, 7) is 2.40. The SMILES string of the molecule is CCCc1noc(CCC(=O)NCc2cc(OC)c(OC)c(OC)c2)n1. The molecular weight excluding hydrogens is 338 g/mol. The Morgan fingerprint density at radius 1 is 1.12 bits per heavy atom. The van der Waals surface area contributed by atoms with Gasteiger partial charge in [0, 0.05) is 25.8 Å². The molecule has 1 heterocycles. The normalized spacial score (nSPS) is 10.5. The molecule has 26 heavy (non-hydrogen) atoms. The number of amides is 1. The van der Waals surface area contributed by atoms with Gasteiger partial charge in [-0.2, -0.15) is 4.98 Å². The first kappa shape index (κ1) is 19.6. The van der Waals surface area contributed by atoms with E-state index >= 15 is 0 Å². The first-order valence-corrected chi connectivity index (χ1v) is 8.48. The summed E-state index contributed by atoms with van der Waals surface area (Å²) < 4.78 is 21.0. The van der Waals surface area contributed by atoms with Gasteiger partial charge in [-0.05, 0) is 24.1 Å². The summed E-state index contributed by atoms with van der Waals surface area (Å²) in [6.07, 6.45) is 2.42. The molecule has 1 N–H and O–H groups in total. The zero-order valence-electron chi connectivity index (χ0n) is 15.6. The van der Waals surface area contributed by atoms with Crippen LogP contribution in [0.15, 0.2) is 16.7 Å². The molecule has 2 rings (SSSR count). The van der Waals surface area contributed by atoms with Gasteiger partial charge in [0.2, 0.25) is 17.5 Å². The number of methoxy groups -OCH3 is 3. The lowest BCUT2D eigenvalue weighted by molar-refractivity contribution is -0.121. The van der Waals surface area contributed by atoms with Crippen LogP contribution in [0.1, 0.15) is 37.0 Å². The Morgan fingerprint density at radius 2 is 1.81 bits per heavy atom. The number of carbonyl (C=O) groups excluding carboxylic acids is 1. The summed E-state index contributed by atoms with van der Waals surface area (Å²) in [5.41, 5.74) is 0.843. The standard InChI is InChI=1S/C18H25N3O5/c1-5-6-15-20-17(26-21-15)8-7-16(22)19-11-12-9-13(23-2)18(25-4)14(10-12)24-3/h9-10H,5-8,11H2,1-4H3,(H,19,22). The number of aryl methyl sites for hydroxylation is 2. The summed E-state index contributed by atoms with van der Waals surface area (Å²) in [6, 6.07) is 3.60. The van der Waals surface area contributed by atoms with Gasteiger partial charge in [-0.1, -0.05) is 12.1 Å². The van der Waals surface area contributed by atoms with E-state index in [1.807, 2.05) is 6.92 Å². The van der Waals surface area contributed by atoms with E-state index in [0.29, 0.717) is 41.9 Å². The van der Waals surface area contributed by atoms with E-state index < -0.39 is 0 Å². The fourth-order valence-corrected chi connectivity index (χ4v) is 2.46. The van der Waals surface area contributed by atoms with Gasteiger partial charge >= 0.3 is 0 Å². The molecule has 0 spiro atoms. The highest BCUT2D eigenvalue weighted by molar-refractivity contribution is 5.76. The second-order valence-electron chi connectivity index (χ2n) is 5.66. The number of nitrogens with zero attached hydrogens (tertiary/aromatic N) is 2. The van der Waals surface area contributed by atoms with Crippen LogP contribution in [0.25, 0.3) is 0 Å². The van der Waals surface area contributed by atoms with Crippen molar-refractivity contribution < 1.29 is 23.5 Å². The van der Waals surface area contributed by atoms with Crippen LogP contribution < -0.4 is 19.5 Å². The van der Waals surface area contributed by atoms with Gasteiger partial charge in [-0.3, -0.25) is 4.79 Å². The van der Waals surface area contributed by atoms with Crippen molar-refractivity contribution in [3.05, 3.63) is 29.4 Å². The van der Waals surface area contributed by atoms with E-state index in [-0.39, 0.29) is 12.3 Å². The summed E-state index contributed by atoms with van der Waals surface area (Å²) in [5.74, 6) is 2.67. The number of nitrogens with one attached hydrogen (secondary N) is 1. The molecule has 1 aromatic carbocycles. The summed E-state index contributed by atoms with van der Waals surface area (Å²) >= 11 is 0. The summed E-state index contributed by atoms with van der Waals surface area (Å²) in [4.78, 5) is 16.3. The van der Waals surface area contributed by atoms with Crippen LogP contribution in [0.4, 0.5) is 0 Å². The van der Waals surface area contributed by atoms with Crippen LogP contribution >= 0.6 is 0 Å².